The lowest BCUT2D eigenvalue weighted by Crippen LogP contribution is -2.41. The number of non-ortho nitro benzene ring substituents is 1. The molecular formula is C12H14N2O7S. The van der Waals surface area contributed by atoms with Gasteiger partial charge in [0.25, 0.3) is 5.69 Å². The summed E-state index contributed by atoms with van der Waals surface area (Å²) in [4.78, 5) is 32.4. The van der Waals surface area contributed by atoms with Crippen LogP contribution in [0.1, 0.15) is 6.92 Å². The Kier molecular flexibility index (Phi) is 5.57. The van der Waals surface area contributed by atoms with Crippen molar-refractivity contribution in [1.29, 1.82) is 0 Å². The average Bonchev–Trinajstić information content (AvgIpc) is 2.45. The van der Waals surface area contributed by atoms with E-state index < -0.39 is 38.4 Å². The van der Waals surface area contributed by atoms with E-state index in [0.717, 1.165) is 31.4 Å². The van der Waals surface area contributed by atoms with E-state index in [9.17, 15) is 28.1 Å². The summed E-state index contributed by atoms with van der Waals surface area (Å²) in [5.74, 6) is -2.47. The van der Waals surface area contributed by atoms with Crippen molar-refractivity contribution in [3.8, 4) is 0 Å². The fourth-order valence-electron chi connectivity index (χ4n) is 1.55. The van der Waals surface area contributed by atoms with Gasteiger partial charge in [0.15, 0.2) is 9.84 Å². The molecular weight excluding hydrogens is 316 g/mol. The van der Waals surface area contributed by atoms with Gasteiger partial charge in [-0.15, -0.1) is 0 Å². The second-order valence-electron chi connectivity index (χ2n) is 4.32. The van der Waals surface area contributed by atoms with Crippen LogP contribution in [0, 0.1) is 10.1 Å². The number of nitro benzene ring substituents is 1. The van der Waals surface area contributed by atoms with E-state index >= 15 is 0 Å². The van der Waals surface area contributed by atoms with E-state index in [1.807, 2.05) is 0 Å². The zero-order chi connectivity index (χ0) is 16.9. The summed E-state index contributed by atoms with van der Waals surface area (Å²) in [5, 5.41) is 12.7. The first-order chi connectivity index (χ1) is 10.2. The molecule has 0 saturated heterocycles. The number of nitro groups is 1. The topological polar surface area (TPSA) is 133 Å². The lowest BCUT2D eigenvalue weighted by molar-refractivity contribution is -0.384. The number of rotatable bonds is 6. The van der Waals surface area contributed by atoms with Gasteiger partial charge in [-0.05, 0) is 19.1 Å². The number of hydrogen-bond acceptors (Lipinski definition) is 7. The number of esters is 1. The van der Waals surface area contributed by atoms with E-state index in [0.29, 0.717) is 0 Å². The molecule has 1 unspecified atom stereocenters. The minimum absolute atomic E-state index is 0.223. The van der Waals surface area contributed by atoms with Gasteiger partial charge in [-0.2, -0.15) is 0 Å². The molecule has 0 spiro atoms. The molecule has 0 fully saturated rings. The molecule has 0 heterocycles. The second kappa shape index (κ2) is 6.98. The van der Waals surface area contributed by atoms with Crippen molar-refractivity contribution in [3.05, 3.63) is 34.4 Å². The highest BCUT2D eigenvalue weighted by Gasteiger charge is 2.23. The SMILES string of the molecule is COC(=O)C(C)NC(=O)CS(=O)(=O)c1ccc([N+](=O)[O-])cc1. The number of benzene rings is 1. The van der Waals surface area contributed by atoms with Crippen LogP contribution in [0.25, 0.3) is 0 Å². The highest BCUT2D eigenvalue weighted by Crippen LogP contribution is 2.16. The maximum atomic E-state index is 12.0. The lowest BCUT2D eigenvalue weighted by Gasteiger charge is -2.11. The Morgan fingerprint density at radius 1 is 1.32 bits per heavy atom. The number of sulfone groups is 1. The smallest absolute Gasteiger partial charge is 0.328 e. The molecule has 0 aliphatic heterocycles. The lowest BCUT2D eigenvalue weighted by atomic mass is 10.3. The summed E-state index contributed by atoms with van der Waals surface area (Å²) in [6.45, 7) is 1.35. The third kappa shape index (κ3) is 4.52. The Morgan fingerprint density at radius 2 is 1.86 bits per heavy atom. The van der Waals surface area contributed by atoms with Gasteiger partial charge in [-0.3, -0.25) is 14.9 Å². The van der Waals surface area contributed by atoms with Gasteiger partial charge in [0, 0.05) is 12.1 Å². The van der Waals surface area contributed by atoms with Crippen molar-refractivity contribution in [1.82, 2.24) is 5.32 Å². The van der Waals surface area contributed by atoms with Crippen molar-refractivity contribution < 1.29 is 27.7 Å². The number of carbonyl (C=O) groups is 2. The quantitative estimate of drug-likeness (QED) is 0.442. The third-order valence-corrected chi connectivity index (χ3v) is 4.29. The Hall–Kier alpha value is -2.49. The number of carbonyl (C=O) groups excluding carboxylic acids is 2. The second-order valence-corrected chi connectivity index (χ2v) is 6.31. The van der Waals surface area contributed by atoms with Crippen LogP contribution in [0.15, 0.2) is 29.2 Å². The minimum atomic E-state index is -3.97. The summed E-state index contributed by atoms with van der Waals surface area (Å²) in [6.07, 6.45) is 0. The van der Waals surface area contributed by atoms with Crippen LogP contribution in [-0.2, 0) is 24.2 Å². The molecule has 1 rings (SSSR count). The van der Waals surface area contributed by atoms with E-state index in [2.05, 4.69) is 10.1 Å². The number of nitrogens with one attached hydrogen (secondary N) is 1. The predicted octanol–water partition coefficient (Wildman–Crippen LogP) is 0.0462. The Labute approximate surface area is 126 Å². The largest absolute Gasteiger partial charge is 0.467 e. The van der Waals surface area contributed by atoms with Crippen molar-refractivity contribution in [2.75, 3.05) is 12.9 Å². The van der Waals surface area contributed by atoms with Crippen LogP contribution in [0.4, 0.5) is 5.69 Å². The van der Waals surface area contributed by atoms with Gasteiger partial charge >= 0.3 is 5.97 Å². The highest BCUT2D eigenvalue weighted by atomic mass is 32.2. The summed E-state index contributed by atoms with van der Waals surface area (Å²) >= 11 is 0. The number of nitrogens with zero attached hydrogens (tertiary/aromatic N) is 1. The van der Waals surface area contributed by atoms with Crippen molar-refractivity contribution >= 4 is 27.4 Å². The number of hydrogen-bond donors (Lipinski definition) is 1. The summed E-state index contributed by atoms with van der Waals surface area (Å²) < 4.78 is 28.4. The fraction of sp³-hybridized carbons (Fsp3) is 0.333. The predicted molar refractivity (Wildman–Crippen MR) is 74.8 cm³/mol. The number of amides is 1. The first-order valence-corrected chi connectivity index (χ1v) is 7.67. The molecule has 1 aromatic carbocycles. The van der Waals surface area contributed by atoms with E-state index in [1.54, 1.807) is 0 Å². The Balaban J connectivity index is 2.80. The van der Waals surface area contributed by atoms with Crippen LogP contribution in [0.5, 0.6) is 0 Å². The van der Waals surface area contributed by atoms with E-state index in [-0.39, 0.29) is 10.6 Å². The molecule has 0 saturated carbocycles. The monoisotopic (exact) mass is 330 g/mol. The standard InChI is InChI=1S/C12H14N2O7S/c1-8(12(16)21-2)13-11(15)7-22(19,20)10-5-3-9(4-6-10)14(17)18/h3-6,8H,7H2,1-2H3,(H,13,15). The zero-order valence-corrected chi connectivity index (χ0v) is 12.6. The van der Waals surface area contributed by atoms with Gasteiger partial charge in [-0.1, -0.05) is 0 Å². The van der Waals surface area contributed by atoms with Crippen LogP contribution < -0.4 is 5.32 Å². The molecule has 0 aliphatic carbocycles. The third-order valence-electron chi connectivity index (χ3n) is 2.66. The van der Waals surface area contributed by atoms with Crippen molar-refractivity contribution in [2.45, 2.75) is 17.9 Å². The highest BCUT2D eigenvalue weighted by molar-refractivity contribution is 7.92. The first-order valence-electron chi connectivity index (χ1n) is 6.02. The number of ether oxygens (including phenoxy) is 1. The van der Waals surface area contributed by atoms with Gasteiger partial charge in [0.1, 0.15) is 11.8 Å². The van der Waals surface area contributed by atoms with Crippen molar-refractivity contribution in [2.24, 2.45) is 0 Å². The molecule has 0 aliphatic rings. The molecule has 0 aromatic heterocycles. The molecule has 0 radical (unpaired) electrons. The molecule has 9 nitrogen and oxygen atoms in total. The maximum Gasteiger partial charge on any atom is 0.328 e. The summed E-state index contributed by atoms with van der Waals surface area (Å²) in [7, 11) is -2.83. The normalized spacial score (nSPS) is 12.3. The number of methoxy groups -OCH3 is 1. The molecule has 0 bridgehead atoms. The minimum Gasteiger partial charge on any atom is -0.467 e. The van der Waals surface area contributed by atoms with Crippen LogP contribution in [0.2, 0.25) is 0 Å². The molecule has 1 amide bonds. The van der Waals surface area contributed by atoms with Gasteiger partial charge < -0.3 is 10.1 Å². The molecule has 10 heteroatoms. The molecule has 1 atom stereocenters. The summed E-state index contributed by atoms with van der Waals surface area (Å²) in [5.41, 5.74) is -0.261. The molecule has 120 valence electrons. The maximum absolute atomic E-state index is 12.0. The van der Waals surface area contributed by atoms with Crippen LogP contribution >= 0.6 is 0 Å². The van der Waals surface area contributed by atoms with Crippen LogP contribution in [-0.4, -0.2) is 44.1 Å². The molecule has 22 heavy (non-hydrogen) atoms. The van der Waals surface area contributed by atoms with E-state index in [4.69, 9.17) is 0 Å². The van der Waals surface area contributed by atoms with E-state index in [1.165, 1.54) is 6.92 Å². The fourth-order valence-corrected chi connectivity index (χ4v) is 2.70. The van der Waals surface area contributed by atoms with Gasteiger partial charge in [0.05, 0.1) is 16.9 Å². The van der Waals surface area contributed by atoms with Gasteiger partial charge in [-0.25, -0.2) is 13.2 Å². The zero-order valence-electron chi connectivity index (χ0n) is 11.8. The van der Waals surface area contributed by atoms with Crippen molar-refractivity contribution in [3.63, 3.8) is 0 Å². The summed E-state index contributed by atoms with van der Waals surface area (Å²) in [6, 6.07) is 3.17. The molecule has 1 aromatic rings. The Bertz CT molecular complexity index is 682. The Morgan fingerprint density at radius 3 is 2.32 bits per heavy atom. The first kappa shape index (κ1) is 17.6. The van der Waals surface area contributed by atoms with Gasteiger partial charge in [0.2, 0.25) is 5.91 Å². The molecule has 1 N–H and O–H groups in total. The average molecular weight is 330 g/mol. The van der Waals surface area contributed by atoms with Crippen LogP contribution in [0.3, 0.4) is 0 Å².